The van der Waals surface area contributed by atoms with Crippen LogP contribution in [0.1, 0.15) is 44.4 Å². The van der Waals surface area contributed by atoms with Crippen molar-refractivity contribution in [1.82, 2.24) is 5.32 Å². The third-order valence-electron chi connectivity index (χ3n) is 5.78. The second-order valence-corrected chi connectivity index (χ2v) is 8.78. The van der Waals surface area contributed by atoms with Gasteiger partial charge in [-0.3, -0.25) is 9.59 Å². The Kier molecular flexibility index (Phi) is 4.72. The molecule has 1 aromatic heterocycles. The molecule has 0 aromatic carbocycles. The van der Waals surface area contributed by atoms with Crippen molar-refractivity contribution in [2.45, 2.75) is 44.9 Å². The van der Waals surface area contributed by atoms with Crippen LogP contribution in [0.25, 0.3) is 0 Å². The summed E-state index contributed by atoms with van der Waals surface area (Å²) in [5.41, 5.74) is 2.07. The Hall–Kier alpha value is -2.27. The van der Waals surface area contributed by atoms with Gasteiger partial charge in [0.05, 0.1) is 11.1 Å². The summed E-state index contributed by atoms with van der Waals surface area (Å²) in [5, 5.41) is 4.95. The molecule has 2 amide bonds. The Balaban J connectivity index is 1.64. The number of carbonyl (C=O) groups excluding carboxylic acids is 2. The smallest absolute Gasteiger partial charge is 0.257 e. The molecule has 0 bridgehead atoms. The topological polar surface area (TPSA) is 58.5 Å². The number of thiophene rings is 1. The second-order valence-electron chi connectivity index (χ2n) is 7.83. The fourth-order valence-corrected chi connectivity index (χ4v) is 5.31. The summed E-state index contributed by atoms with van der Waals surface area (Å²) in [4.78, 5) is 30.8. The number of hydrogen-bond donors (Lipinski definition) is 1. The lowest BCUT2D eigenvalue weighted by Gasteiger charge is -2.30. The van der Waals surface area contributed by atoms with E-state index in [1.165, 1.54) is 0 Å². The number of nitrogens with one attached hydrogen (secondary N) is 1. The molecular formula is C22H24N2O2S. The van der Waals surface area contributed by atoms with Gasteiger partial charge >= 0.3 is 0 Å². The van der Waals surface area contributed by atoms with Crippen molar-refractivity contribution in [2.24, 2.45) is 16.8 Å². The van der Waals surface area contributed by atoms with Gasteiger partial charge in [0.25, 0.3) is 5.91 Å². The van der Waals surface area contributed by atoms with Crippen molar-refractivity contribution in [2.75, 3.05) is 0 Å². The fourth-order valence-electron chi connectivity index (χ4n) is 4.33. The summed E-state index contributed by atoms with van der Waals surface area (Å²) in [5.74, 6) is 0.191. The monoisotopic (exact) mass is 380 g/mol. The highest BCUT2D eigenvalue weighted by Gasteiger charge is 2.43. The highest BCUT2D eigenvalue weighted by atomic mass is 32.1. The molecule has 27 heavy (non-hydrogen) atoms. The minimum absolute atomic E-state index is 0.0563. The van der Waals surface area contributed by atoms with Crippen LogP contribution in [0.15, 0.2) is 58.1 Å². The molecule has 1 saturated carbocycles. The van der Waals surface area contributed by atoms with E-state index in [9.17, 15) is 9.59 Å². The first kappa shape index (κ1) is 18.1. The molecule has 4 rings (SSSR count). The van der Waals surface area contributed by atoms with Crippen molar-refractivity contribution in [1.29, 1.82) is 0 Å². The summed E-state index contributed by atoms with van der Waals surface area (Å²) in [6.07, 6.45) is 11.3. The van der Waals surface area contributed by atoms with Crippen LogP contribution >= 0.6 is 11.3 Å². The molecule has 1 unspecified atom stereocenters. The zero-order valence-electron chi connectivity index (χ0n) is 15.7. The lowest BCUT2D eigenvalue weighted by molar-refractivity contribution is -0.123. The van der Waals surface area contributed by atoms with Crippen LogP contribution in [0.4, 0.5) is 0 Å². The molecule has 2 heterocycles. The van der Waals surface area contributed by atoms with E-state index >= 15 is 0 Å². The number of aliphatic imine (C=N–C) groups is 1. The lowest BCUT2D eigenvalue weighted by atomic mass is 9.81. The highest BCUT2D eigenvalue weighted by molar-refractivity contribution is 7.10. The van der Waals surface area contributed by atoms with Crippen molar-refractivity contribution in [3.8, 4) is 0 Å². The number of allylic oxidation sites excluding steroid dienone is 3. The van der Waals surface area contributed by atoms with E-state index in [1.54, 1.807) is 17.4 Å². The van der Waals surface area contributed by atoms with E-state index < -0.39 is 5.41 Å². The van der Waals surface area contributed by atoms with Gasteiger partial charge in [-0.15, -0.1) is 11.3 Å². The second kappa shape index (κ2) is 7.04. The van der Waals surface area contributed by atoms with Gasteiger partial charge in [0.2, 0.25) is 5.91 Å². The van der Waals surface area contributed by atoms with Crippen LogP contribution in [0.3, 0.4) is 0 Å². The average Bonchev–Trinajstić information content (AvgIpc) is 3.32. The van der Waals surface area contributed by atoms with Crippen LogP contribution < -0.4 is 5.32 Å². The van der Waals surface area contributed by atoms with E-state index in [2.05, 4.69) is 30.2 Å². The largest absolute Gasteiger partial charge is 0.325 e. The molecule has 2 aliphatic carbocycles. The SMILES string of the molecule is CC(C)C1=CC(=O)NC2=CC(=NC(=O)C3(c4cccs4)CCCC3)C=CC21. The maximum atomic E-state index is 13.2. The van der Waals surface area contributed by atoms with Crippen LogP contribution in [-0.4, -0.2) is 17.5 Å². The van der Waals surface area contributed by atoms with Crippen LogP contribution in [0.5, 0.6) is 0 Å². The van der Waals surface area contributed by atoms with Gasteiger partial charge in [-0.05, 0) is 47.9 Å². The molecular weight excluding hydrogens is 356 g/mol. The first-order valence-corrected chi connectivity index (χ1v) is 10.5. The molecule has 0 spiro atoms. The zero-order valence-corrected chi connectivity index (χ0v) is 16.5. The molecule has 1 atom stereocenters. The Morgan fingerprint density at radius 3 is 2.74 bits per heavy atom. The van der Waals surface area contributed by atoms with E-state index in [-0.39, 0.29) is 23.7 Å². The van der Waals surface area contributed by atoms with Crippen LogP contribution in [0.2, 0.25) is 0 Å². The summed E-state index contributed by atoms with van der Waals surface area (Å²) >= 11 is 1.64. The van der Waals surface area contributed by atoms with Gasteiger partial charge in [-0.1, -0.05) is 38.8 Å². The summed E-state index contributed by atoms with van der Waals surface area (Å²) < 4.78 is 0. The van der Waals surface area contributed by atoms with E-state index in [0.29, 0.717) is 5.71 Å². The standard InChI is InChI=1S/C22H24N2O2S/c1-14(2)17-13-20(25)24-18-12-15(7-8-16(17)18)23-21(26)22(9-3-4-10-22)19-6-5-11-27-19/h5-8,11-14,16H,3-4,9-10H2,1-2H3,(H,24,25). The van der Waals surface area contributed by atoms with E-state index in [0.717, 1.165) is 41.8 Å². The summed E-state index contributed by atoms with van der Waals surface area (Å²) in [7, 11) is 0. The summed E-state index contributed by atoms with van der Waals surface area (Å²) in [6, 6.07) is 4.06. The fraction of sp³-hybridized carbons (Fsp3) is 0.409. The molecule has 140 valence electrons. The van der Waals surface area contributed by atoms with Crippen molar-refractivity contribution < 1.29 is 9.59 Å². The third kappa shape index (κ3) is 3.25. The van der Waals surface area contributed by atoms with E-state index in [1.807, 2.05) is 29.7 Å². The lowest BCUT2D eigenvalue weighted by Crippen LogP contribution is -2.35. The molecule has 3 aliphatic rings. The number of hydrogen-bond acceptors (Lipinski definition) is 3. The molecule has 5 heteroatoms. The number of carbonyl (C=O) groups is 2. The Morgan fingerprint density at radius 1 is 1.30 bits per heavy atom. The number of fused-ring (bicyclic) bond motifs is 1. The normalized spacial score (nSPS) is 25.2. The van der Waals surface area contributed by atoms with Gasteiger partial charge in [-0.25, -0.2) is 4.99 Å². The van der Waals surface area contributed by atoms with Crippen LogP contribution in [0, 0.1) is 11.8 Å². The van der Waals surface area contributed by atoms with Crippen molar-refractivity contribution in [3.05, 3.63) is 58.0 Å². The first-order valence-electron chi connectivity index (χ1n) is 9.59. The predicted molar refractivity (Wildman–Crippen MR) is 109 cm³/mol. The predicted octanol–water partition coefficient (Wildman–Crippen LogP) is 4.31. The Morgan fingerprint density at radius 2 is 2.07 bits per heavy atom. The van der Waals surface area contributed by atoms with Crippen molar-refractivity contribution in [3.63, 3.8) is 0 Å². The Labute approximate surface area is 163 Å². The molecule has 1 aliphatic heterocycles. The highest BCUT2D eigenvalue weighted by Crippen LogP contribution is 2.44. The van der Waals surface area contributed by atoms with Gasteiger partial charge in [0, 0.05) is 22.6 Å². The van der Waals surface area contributed by atoms with Gasteiger partial charge < -0.3 is 5.32 Å². The molecule has 1 N–H and O–H groups in total. The summed E-state index contributed by atoms with van der Waals surface area (Å²) in [6.45, 7) is 4.18. The zero-order chi connectivity index (χ0) is 19.0. The first-order chi connectivity index (χ1) is 13.0. The minimum atomic E-state index is -0.469. The number of amides is 2. The molecule has 1 aromatic rings. The average molecular weight is 381 g/mol. The molecule has 4 nitrogen and oxygen atoms in total. The van der Waals surface area contributed by atoms with Crippen LogP contribution in [-0.2, 0) is 15.0 Å². The molecule has 0 saturated heterocycles. The van der Waals surface area contributed by atoms with Gasteiger partial charge in [0.1, 0.15) is 0 Å². The maximum absolute atomic E-state index is 13.2. The molecule has 1 fully saturated rings. The van der Waals surface area contributed by atoms with Gasteiger partial charge in [0.15, 0.2) is 0 Å². The maximum Gasteiger partial charge on any atom is 0.257 e. The Bertz CT molecular complexity index is 881. The van der Waals surface area contributed by atoms with Gasteiger partial charge in [-0.2, -0.15) is 0 Å². The minimum Gasteiger partial charge on any atom is -0.325 e. The quantitative estimate of drug-likeness (QED) is 0.849. The van der Waals surface area contributed by atoms with E-state index in [4.69, 9.17) is 0 Å². The number of nitrogens with zero attached hydrogens (tertiary/aromatic N) is 1. The number of rotatable bonds is 3. The molecule has 0 radical (unpaired) electrons. The van der Waals surface area contributed by atoms with Crippen molar-refractivity contribution >= 4 is 28.9 Å². The third-order valence-corrected chi connectivity index (χ3v) is 6.85.